The molecule has 0 heterocycles. The van der Waals surface area contributed by atoms with Gasteiger partial charge in [0, 0.05) is 24.3 Å². The zero-order valence-corrected chi connectivity index (χ0v) is 22.2. The molecule has 0 spiro atoms. The largest absolute Gasteiger partial charge is 0.417 e. The van der Waals surface area contributed by atoms with Gasteiger partial charge in [-0.3, -0.25) is 9.59 Å². The van der Waals surface area contributed by atoms with Gasteiger partial charge in [-0.05, 0) is 42.6 Å². The zero-order valence-electron chi connectivity index (χ0n) is 21.2. The van der Waals surface area contributed by atoms with Crippen LogP contribution in [0.2, 0.25) is 18.1 Å². The molecule has 1 aromatic carbocycles. The van der Waals surface area contributed by atoms with E-state index in [0.29, 0.717) is 29.1 Å². The number of hydrogen-bond donors (Lipinski definition) is 0. The number of hydrogen-bond acceptors (Lipinski definition) is 4. The molecule has 0 bridgehead atoms. The van der Waals surface area contributed by atoms with Gasteiger partial charge in [-0.1, -0.05) is 84.3 Å². The number of benzene rings is 1. The molecule has 182 valence electrons. The number of ether oxygens (including phenoxy) is 1. The fraction of sp³-hybridized carbons (Fsp3) is 0.704. The van der Waals surface area contributed by atoms with Crippen molar-refractivity contribution in [2.45, 2.75) is 110 Å². The van der Waals surface area contributed by atoms with Gasteiger partial charge >= 0.3 is 0 Å². The maximum absolute atomic E-state index is 11.0. The van der Waals surface area contributed by atoms with Gasteiger partial charge in [-0.25, -0.2) is 0 Å². The highest BCUT2D eigenvalue weighted by Crippen LogP contribution is 2.36. The second kappa shape index (κ2) is 15.5. The number of rotatable bonds is 18. The molecule has 4 nitrogen and oxygen atoms in total. The third-order valence-corrected chi connectivity index (χ3v) is 11.2. The van der Waals surface area contributed by atoms with Crippen molar-refractivity contribution in [2.24, 2.45) is 0 Å². The molecule has 0 aliphatic rings. The minimum Gasteiger partial charge on any atom is -0.417 e. The lowest BCUT2D eigenvalue weighted by molar-refractivity contribution is 0.109. The van der Waals surface area contributed by atoms with Gasteiger partial charge in [-0.15, -0.1) is 0 Å². The smallest absolute Gasteiger partial charge is 0.191 e. The predicted octanol–water partition coefficient (Wildman–Crippen LogP) is 7.75. The van der Waals surface area contributed by atoms with Crippen LogP contribution >= 0.6 is 0 Å². The topological polar surface area (TPSA) is 52.6 Å². The molecule has 0 amide bonds. The van der Waals surface area contributed by atoms with Crippen LogP contribution in [0.5, 0.6) is 0 Å². The molecule has 0 unspecified atom stereocenters. The van der Waals surface area contributed by atoms with Crippen molar-refractivity contribution in [1.29, 1.82) is 0 Å². The lowest BCUT2D eigenvalue weighted by atomic mass is 10.1. The molecule has 0 atom stereocenters. The van der Waals surface area contributed by atoms with Crippen LogP contribution in [-0.2, 0) is 15.8 Å². The molecule has 0 aromatic heterocycles. The average molecular weight is 463 g/mol. The fourth-order valence-corrected chi connectivity index (χ4v) is 4.47. The predicted molar refractivity (Wildman–Crippen MR) is 136 cm³/mol. The molecule has 0 saturated heterocycles. The first-order chi connectivity index (χ1) is 15.2. The van der Waals surface area contributed by atoms with E-state index in [-0.39, 0.29) is 0 Å². The zero-order chi connectivity index (χ0) is 23.9. The minimum atomic E-state index is -1.57. The van der Waals surface area contributed by atoms with E-state index in [9.17, 15) is 9.59 Å². The Morgan fingerprint density at radius 2 is 1.25 bits per heavy atom. The van der Waals surface area contributed by atoms with E-state index in [1.807, 2.05) is 6.07 Å². The van der Waals surface area contributed by atoms with Gasteiger partial charge in [0.05, 0.1) is 6.61 Å². The van der Waals surface area contributed by atoms with Crippen LogP contribution in [0.15, 0.2) is 18.2 Å². The summed E-state index contributed by atoms with van der Waals surface area (Å²) in [7, 11) is -1.57. The van der Waals surface area contributed by atoms with Crippen molar-refractivity contribution >= 4 is 20.9 Å². The van der Waals surface area contributed by atoms with E-state index in [0.717, 1.165) is 31.5 Å². The second-order valence-corrected chi connectivity index (χ2v) is 15.2. The maximum atomic E-state index is 11.0. The molecule has 0 aliphatic carbocycles. The van der Waals surface area contributed by atoms with Crippen LogP contribution in [0.25, 0.3) is 0 Å². The van der Waals surface area contributed by atoms with Crippen LogP contribution in [0, 0.1) is 0 Å². The van der Waals surface area contributed by atoms with Gasteiger partial charge in [0.25, 0.3) is 0 Å². The van der Waals surface area contributed by atoms with Crippen molar-refractivity contribution in [3.63, 3.8) is 0 Å². The van der Waals surface area contributed by atoms with E-state index >= 15 is 0 Å². The molecule has 0 fully saturated rings. The highest BCUT2D eigenvalue weighted by molar-refractivity contribution is 6.74. The van der Waals surface area contributed by atoms with E-state index in [4.69, 9.17) is 9.16 Å². The molecular weight excluding hydrogens is 416 g/mol. The Balaban J connectivity index is 1.91. The average Bonchev–Trinajstić information content (AvgIpc) is 2.75. The number of carbonyl (C=O) groups is 2. The highest BCUT2D eigenvalue weighted by atomic mass is 28.4. The lowest BCUT2D eigenvalue weighted by Crippen LogP contribution is -2.40. The Morgan fingerprint density at radius 3 is 1.75 bits per heavy atom. The summed E-state index contributed by atoms with van der Waals surface area (Å²) in [6.45, 7) is 13.7. The third-order valence-electron chi connectivity index (χ3n) is 6.63. The summed E-state index contributed by atoms with van der Waals surface area (Å²) in [5.41, 5.74) is 1.80. The van der Waals surface area contributed by atoms with Crippen molar-refractivity contribution in [1.82, 2.24) is 0 Å². The molecule has 1 rings (SSSR count). The number of carbonyl (C=O) groups excluding carboxylic acids is 2. The number of aldehydes is 2. The van der Waals surface area contributed by atoms with Crippen LogP contribution in [-0.4, -0.2) is 34.1 Å². The van der Waals surface area contributed by atoms with Crippen molar-refractivity contribution < 1.29 is 18.8 Å². The van der Waals surface area contributed by atoms with Crippen LogP contribution in [0.4, 0.5) is 0 Å². The first kappa shape index (κ1) is 28.7. The molecule has 1 aromatic rings. The number of unbranched alkanes of at least 4 members (excludes halogenated alkanes) is 9. The van der Waals surface area contributed by atoms with E-state index < -0.39 is 8.32 Å². The van der Waals surface area contributed by atoms with Gasteiger partial charge < -0.3 is 9.16 Å². The molecule has 0 saturated carbocycles. The molecule has 0 N–H and O–H groups in total. The standard InChI is InChI=1S/C27H46O4Si/c1-27(2,3)32(4,5)31-19-15-13-11-9-7-6-8-10-12-14-18-30-23-24-16-17-25(21-28)26(20-24)22-29/h16-17,20-22H,6-15,18-19,23H2,1-5H3. The highest BCUT2D eigenvalue weighted by Gasteiger charge is 2.36. The first-order valence-corrected chi connectivity index (χ1v) is 15.4. The summed E-state index contributed by atoms with van der Waals surface area (Å²) in [4.78, 5) is 21.9. The summed E-state index contributed by atoms with van der Waals surface area (Å²) in [5, 5.41) is 0.310. The minimum absolute atomic E-state index is 0.310. The summed E-state index contributed by atoms with van der Waals surface area (Å²) >= 11 is 0. The van der Waals surface area contributed by atoms with E-state index in [1.165, 1.54) is 57.8 Å². The van der Waals surface area contributed by atoms with Crippen molar-refractivity contribution in [2.75, 3.05) is 13.2 Å². The summed E-state index contributed by atoms with van der Waals surface area (Å²) in [6, 6.07) is 5.26. The maximum Gasteiger partial charge on any atom is 0.191 e. The van der Waals surface area contributed by atoms with Gasteiger partial charge in [0.2, 0.25) is 0 Å². The Hall–Kier alpha value is -1.30. The van der Waals surface area contributed by atoms with Crippen molar-refractivity contribution in [3.05, 3.63) is 34.9 Å². The van der Waals surface area contributed by atoms with Gasteiger partial charge in [-0.2, -0.15) is 0 Å². The Kier molecular flexibility index (Phi) is 13.9. The Morgan fingerprint density at radius 1 is 0.750 bits per heavy atom. The lowest BCUT2D eigenvalue weighted by Gasteiger charge is -2.36. The second-order valence-electron chi connectivity index (χ2n) is 10.4. The van der Waals surface area contributed by atoms with Gasteiger partial charge in [0.1, 0.15) is 0 Å². The fourth-order valence-electron chi connectivity index (χ4n) is 3.38. The first-order valence-electron chi connectivity index (χ1n) is 12.5. The molecular formula is C27H46O4Si. The van der Waals surface area contributed by atoms with E-state index in [1.54, 1.807) is 12.1 Å². The summed E-state index contributed by atoms with van der Waals surface area (Å²) < 4.78 is 12.0. The molecule has 32 heavy (non-hydrogen) atoms. The monoisotopic (exact) mass is 462 g/mol. The summed E-state index contributed by atoms with van der Waals surface area (Å²) in [6.07, 6.45) is 14.1. The Labute approximate surface area is 197 Å². The molecule has 0 radical (unpaired) electrons. The van der Waals surface area contributed by atoms with Crippen molar-refractivity contribution in [3.8, 4) is 0 Å². The van der Waals surface area contributed by atoms with Crippen LogP contribution in [0.1, 0.15) is 111 Å². The SMILES string of the molecule is CC(C)(C)[Si](C)(C)OCCCCCCCCCCCCOCc1ccc(C=O)c(C=O)c1. The van der Waals surface area contributed by atoms with Crippen LogP contribution in [0.3, 0.4) is 0 Å². The third kappa shape index (κ3) is 11.5. The summed E-state index contributed by atoms with van der Waals surface area (Å²) in [5.74, 6) is 0. The van der Waals surface area contributed by atoms with Gasteiger partial charge in [0.15, 0.2) is 20.9 Å². The molecule has 5 heteroatoms. The molecule has 0 aliphatic heterocycles. The van der Waals surface area contributed by atoms with E-state index in [2.05, 4.69) is 33.9 Å². The quantitative estimate of drug-likeness (QED) is 0.127. The van der Waals surface area contributed by atoms with Crippen LogP contribution < -0.4 is 0 Å². The Bertz CT molecular complexity index is 664. The normalized spacial score (nSPS) is 12.2.